The summed E-state index contributed by atoms with van der Waals surface area (Å²) in [5, 5.41) is 11.9. The maximum Gasteiger partial charge on any atom is 0.331 e. The van der Waals surface area contributed by atoms with E-state index in [2.05, 4.69) is 5.10 Å². The van der Waals surface area contributed by atoms with E-state index in [9.17, 15) is 9.18 Å². The molecular formula is C7H7FN2O2. The number of carbonyl (C=O) groups is 1. The highest BCUT2D eigenvalue weighted by Crippen LogP contribution is 2.13. The quantitative estimate of drug-likeness (QED) is 0.668. The van der Waals surface area contributed by atoms with Crippen molar-refractivity contribution in [3.63, 3.8) is 0 Å². The molecule has 0 aliphatic heterocycles. The second kappa shape index (κ2) is 3.17. The first-order valence-corrected chi connectivity index (χ1v) is 3.19. The van der Waals surface area contributed by atoms with Crippen molar-refractivity contribution in [2.45, 2.75) is 0 Å². The van der Waals surface area contributed by atoms with Crippen LogP contribution in [0, 0.1) is 0 Å². The Morgan fingerprint density at radius 1 is 1.83 bits per heavy atom. The summed E-state index contributed by atoms with van der Waals surface area (Å²) in [6.07, 6.45) is 3.15. The Bertz CT molecular complexity index is 330. The average Bonchev–Trinajstić information content (AvgIpc) is 2.34. The number of rotatable bonds is 2. The highest BCUT2D eigenvalue weighted by molar-refractivity contribution is 5.87. The molecule has 0 amide bonds. The number of carboxylic acids is 1. The molecule has 0 aliphatic rings. The standard InChI is InChI=1S/C7H7FN2O2/c1-10-4-5(3-9-10)6(8)2-7(11)12/h2-4H,1H3,(H,11,12)/b6-2-. The Kier molecular flexibility index (Phi) is 2.23. The maximum atomic E-state index is 12.8. The van der Waals surface area contributed by atoms with Crippen LogP contribution in [0.4, 0.5) is 4.39 Å². The van der Waals surface area contributed by atoms with Crippen LogP contribution in [0.15, 0.2) is 18.5 Å². The maximum absolute atomic E-state index is 12.8. The molecule has 1 rings (SSSR count). The third-order valence-corrected chi connectivity index (χ3v) is 1.23. The first kappa shape index (κ1) is 8.45. The summed E-state index contributed by atoms with van der Waals surface area (Å²) in [5.74, 6) is -2.10. The van der Waals surface area contributed by atoms with Crippen LogP contribution in [0.1, 0.15) is 5.56 Å². The normalized spacial score (nSPS) is 11.7. The molecular weight excluding hydrogens is 163 g/mol. The van der Waals surface area contributed by atoms with Crippen LogP contribution in [-0.4, -0.2) is 20.9 Å². The van der Waals surface area contributed by atoms with Gasteiger partial charge in [0.15, 0.2) is 0 Å². The summed E-state index contributed by atoms with van der Waals surface area (Å²) >= 11 is 0. The third-order valence-electron chi connectivity index (χ3n) is 1.23. The number of halogens is 1. The van der Waals surface area contributed by atoms with Gasteiger partial charge in [-0.1, -0.05) is 0 Å². The van der Waals surface area contributed by atoms with Crippen molar-refractivity contribution in [3.05, 3.63) is 24.0 Å². The molecule has 12 heavy (non-hydrogen) atoms. The molecule has 0 radical (unpaired) electrons. The molecule has 0 unspecified atom stereocenters. The van der Waals surface area contributed by atoms with E-state index in [1.54, 1.807) is 7.05 Å². The van der Waals surface area contributed by atoms with Crippen molar-refractivity contribution >= 4 is 11.8 Å². The molecule has 0 aliphatic carbocycles. The van der Waals surface area contributed by atoms with Gasteiger partial charge in [0.1, 0.15) is 5.83 Å². The van der Waals surface area contributed by atoms with Gasteiger partial charge >= 0.3 is 5.97 Å². The Labute approximate surface area is 67.9 Å². The van der Waals surface area contributed by atoms with E-state index in [4.69, 9.17) is 5.11 Å². The minimum atomic E-state index is -1.31. The fourth-order valence-corrected chi connectivity index (χ4v) is 0.736. The number of aryl methyl sites for hydroxylation is 1. The molecule has 0 bridgehead atoms. The lowest BCUT2D eigenvalue weighted by Crippen LogP contribution is -1.88. The zero-order valence-corrected chi connectivity index (χ0v) is 6.36. The number of nitrogens with zero attached hydrogens (tertiary/aromatic N) is 2. The summed E-state index contributed by atoms with van der Waals surface area (Å²) in [5.41, 5.74) is 0.167. The van der Waals surface area contributed by atoms with Gasteiger partial charge in [0.2, 0.25) is 0 Å². The van der Waals surface area contributed by atoms with Crippen LogP contribution in [-0.2, 0) is 11.8 Å². The van der Waals surface area contributed by atoms with Crippen LogP contribution >= 0.6 is 0 Å². The van der Waals surface area contributed by atoms with Gasteiger partial charge in [-0.05, 0) is 0 Å². The van der Waals surface area contributed by atoms with E-state index >= 15 is 0 Å². The number of aliphatic carboxylic acids is 1. The summed E-state index contributed by atoms with van der Waals surface area (Å²) in [6, 6.07) is 0. The van der Waals surface area contributed by atoms with E-state index in [1.807, 2.05) is 0 Å². The van der Waals surface area contributed by atoms with Crippen LogP contribution in [0.3, 0.4) is 0 Å². The van der Waals surface area contributed by atoms with Crippen LogP contribution in [0.2, 0.25) is 0 Å². The summed E-state index contributed by atoms with van der Waals surface area (Å²) in [6.45, 7) is 0. The highest BCUT2D eigenvalue weighted by Gasteiger charge is 2.04. The lowest BCUT2D eigenvalue weighted by Gasteiger charge is -1.87. The minimum Gasteiger partial charge on any atom is -0.478 e. The van der Waals surface area contributed by atoms with E-state index in [0.29, 0.717) is 6.08 Å². The van der Waals surface area contributed by atoms with Gasteiger partial charge in [-0.2, -0.15) is 5.10 Å². The molecule has 0 atom stereocenters. The van der Waals surface area contributed by atoms with Gasteiger partial charge in [0.05, 0.1) is 12.3 Å². The van der Waals surface area contributed by atoms with E-state index in [1.165, 1.54) is 17.1 Å². The molecule has 5 heteroatoms. The van der Waals surface area contributed by atoms with Gasteiger partial charge < -0.3 is 5.11 Å². The van der Waals surface area contributed by atoms with Gasteiger partial charge in [-0.25, -0.2) is 9.18 Å². The predicted octanol–water partition coefficient (Wildman–Crippen LogP) is 0.815. The second-order valence-corrected chi connectivity index (χ2v) is 2.23. The first-order chi connectivity index (χ1) is 5.59. The Morgan fingerprint density at radius 3 is 2.92 bits per heavy atom. The average molecular weight is 170 g/mol. The number of carboxylic acid groups (broad SMARTS) is 1. The number of hydrogen-bond donors (Lipinski definition) is 1. The molecule has 0 aromatic carbocycles. The largest absolute Gasteiger partial charge is 0.478 e. The summed E-state index contributed by atoms with van der Waals surface area (Å²) in [4.78, 5) is 10.0. The lowest BCUT2D eigenvalue weighted by molar-refractivity contribution is -0.131. The van der Waals surface area contributed by atoms with Crippen molar-refractivity contribution in [2.75, 3.05) is 0 Å². The van der Waals surface area contributed by atoms with Gasteiger partial charge in [0.25, 0.3) is 0 Å². The second-order valence-electron chi connectivity index (χ2n) is 2.23. The van der Waals surface area contributed by atoms with Crippen molar-refractivity contribution in [1.82, 2.24) is 9.78 Å². The topological polar surface area (TPSA) is 55.1 Å². The molecule has 4 nitrogen and oxygen atoms in total. The van der Waals surface area contributed by atoms with E-state index in [0.717, 1.165) is 0 Å². The smallest absolute Gasteiger partial charge is 0.331 e. The predicted molar refractivity (Wildman–Crippen MR) is 39.9 cm³/mol. The third kappa shape index (κ3) is 1.91. The van der Waals surface area contributed by atoms with Gasteiger partial charge in [0, 0.05) is 18.8 Å². The fourth-order valence-electron chi connectivity index (χ4n) is 0.736. The summed E-state index contributed by atoms with van der Waals surface area (Å²) < 4.78 is 14.2. The van der Waals surface area contributed by atoms with Crippen molar-refractivity contribution < 1.29 is 14.3 Å². The highest BCUT2D eigenvalue weighted by atomic mass is 19.1. The van der Waals surface area contributed by atoms with Gasteiger partial charge in [-0.15, -0.1) is 0 Å². The Morgan fingerprint density at radius 2 is 2.50 bits per heavy atom. The molecule has 1 heterocycles. The van der Waals surface area contributed by atoms with Crippen LogP contribution in [0.5, 0.6) is 0 Å². The van der Waals surface area contributed by atoms with Crippen LogP contribution in [0.25, 0.3) is 5.83 Å². The SMILES string of the molecule is Cn1cc(/C(F)=C/C(=O)O)cn1. The number of hydrogen-bond acceptors (Lipinski definition) is 2. The summed E-state index contributed by atoms with van der Waals surface area (Å²) in [7, 11) is 1.62. The van der Waals surface area contributed by atoms with Crippen molar-refractivity contribution in [2.24, 2.45) is 7.05 Å². The minimum absolute atomic E-state index is 0.167. The van der Waals surface area contributed by atoms with Crippen LogP contribution < -0.4 is 0 Å². The molecule has 1 aromatic heterocycles. The Hall–Kier alpha value is -1.65. The zero-order chi connectivity index (χ0) is 9.14. The van der Waals surface area contributed by atoms with Gasteiger partial charge in [-0.3, -0.25) is 4.68 Å². The molecule has 0 fully saturated rings. The van der Waals surface area contributed by atoms with Crippen molar-refractivity contribution in [1.29, 1.82) is 0 Å². The molecule has 0 spiro atoms. The molecule has 1 aromatic rings. The fraction of sp³-hybridized carbons (Fsp3) is 0.143. The van der Waals surface area contributed by atoms with E-state index in [-0.39, 0.29) is 5.56 Å². The molecule has 0 saturated carbocycles. The number of aromatic nitrogens is 2. The van der Waals surface area contributed by atoms with E-state index < -0.39 is 11.8 Å². The molecule has 64 valence electrons. The van der Waals surface area contributed by atoms with Crippen molar-refractivity contribution in [3.8, 4) is 0 Å². The lowest BCUT2D eigenvalue weighted by atomic mass is 10.3. The Balaban J connectivity index is 2.91. The first-order valence-electron chi connectivity index (χ1n) is 3.19. The monoisotopic (exact) mass is 170 g/mol. The zero-order valence-electron chi connectivity index (χ0n) is 6.36. The molecule has 1 N–H and O–H groups in total. The molecule has 0 saturated heterocycles.